The number of hydrogen-bond donors (Lipinski definition) is 0. The zero-order valence-electron chi connectivity index (χ0n) is 9.92. The zero-order chi connectivity index (χ0) is 10.6. The van der Waals surface area contributed by atoms with Gasteiger partial charge in [0.05, 0.1) is 6.04 Å². The Morgan fingerprint density at radius 3 is 2.29 bits per heavy atom. The predicted molar refractivity (Wildman–Crippen MR) is 60.8 cm³/mol. The second-order valence-electron chi connectivity index (χ2n) is 4.63. The molecule has 0 saturated heterocycles. The molecule has 1 rings (SSSR count). The van der Waals surface area contributed by atoms with E-state index < -0.39 is 0 Å². The predicted octanol–water partition coefficient (Wildman–Crippen LogP) is 3.41. The normalized spacial score (nSPS) is 24.2. The van der Waals surface area contributed by atoms with Crippen molar-refractivity contribution in [3.8, 4) is 0 Å². The molecular weight excluding hydrogens is 174 g/mol. The van der Waals surface area contributed by atoms with Crippen LogP contribution in [0.25, 0.3) is 0 Å². The first-order valence-corrected chi connectivity index (χ1v) is 5.85. The van der Waals surface area contributed by atoms with Crippen LogP contribution < -0.4 is 0 Å². The van der Waals surface area contributed by atoms with Gasteiger partial charge in [0.2, 0.25) is 0 Å². The van der Waals surface area contributed by atoms with Gasteiger partial charge in [-0.05, 0) is 18.8 Å². The van der Waals surface area contributed by atoms with E-state index in [1.165, 1.54) is 12.8 Å². The summed E-state index contributed by atoms with van der Waals surface area (Å²) < 4.78 is 5.80. The Bertz CT molecular complexity index is 192. The van der Waals surface area contributed by atoms with Crippen molar-refractivity contribution in [1.82, 2.24) is 0 Å². The number of nitrogens with zero attached hydrogens (tertiary/aromatic N) is 1. The van der Waals surface area contributed by atoms with Crippen LogP contribution in [0.3, 0.4) is 0 Å². The molecule has 0 aromatic heterocycles. The highest BCUT2D eigenvalue weighted by molar-refractivity contribution is 5.51. The monoisotopic (exact) mass is 197 g/mol. The van der Waals surface area contributed by atoms with Gasteiger partial charge in [-0.2, -0.15) is 0 Å². The van der Waals surface area contributed by atoms with Gasteiger partial charge in [-0.15, -0.1) is 0 Å². The van der Waals surface area contributed by atoms with Gasteiger partial charge >= 0.3 is 0 Å². The van der Waals surface area contributed by atoms with Crippen LogP contribution in [0.15, 0.2) is 4.99 Å². The number of ether oxygens (including phenoxy) is 1. The molecule has 1 aliphatic heterocycles. The summed E-state index contributed by atoms with van der Waals surface area (Å²) in [7, 11) is 0. The fraction of sp³-hybridized carbons (Fsp3) is 0.917. The molecule has 1 heterocycles. The van der Waals surface area contributed by atoms with Crippen molar-refractivity contribution >= 4 is 6.40 Å². The van der Waals surface area contributed by atoms with Crippen molar-refractivity contribution in [2.24, 2.45) is 10.9 Å². The first-order valence-electron chi connectivity index (χ1n) is 5.85. The van der Waals surface area contributed by atoms with E-state index in [1.807, 2.05) is 0 Å². The zero-order valence-corrected chi connectivity index (χ0v) is 9.92. The smallest absolute Gasteiger partial charge is 0.170 e. The molecule has 0 saturated carbocycles. The van der Waals surface area contributed by atoms with Gasteiger partial charge in [-0.1, -0.05) is 40.5 Å². The Balaban J connectivity index is 2.75. The third-order valence-electron chi connectivity index (χ3n) is 3.03. The molecule has 1 aliphatic rings. The van der Waals surface area contributed by atoms with Gasteiger partial charge in [0, 0.05) is 0 Å². The summed E-state index contributed by atoms with van der Waals surface area (Å²) in [6.45, 7) is 8.90. The van der Waals surface area contributed by atoms with Crippen molar-refractivity contribution in [2.75, 3.05) is 0 Å². The average Bonchev–Trinajstić information content (AvgIpc) is 2.50. The molecule has 0 aromatic rings. The summed E-state index contributed by atoms with van der Waals surface area (Å²) in [5, 5.41) is 0. The summed E-state index contributed by atoms with van der Waals surface area (Å²) in [4.78, 5) is 4.48. The first kappa shape index (κ1) is 11.5. The minimum Gasteiger partial charge on any atom is -0.475 e. The van der Waals surface area contributed by atoms with Crippen molar-refractivity contribution < 1.29 is 4.74 Å². The third-order valence-corrected chi connectivity index (χ3v) is 3.03. The number of rotatable bonds is 5. The lowest BCUT2D eigenvalue weighted by Gasteiger charge is -2.34. The van der Waals surface area contributed by atoms with Gasteiger partial charge in [-0.25, -0.2) is 0 Å². The molecule has 0 unspecified atom stereocenters. The maximum Gasteiger partial charge on any atom is 0.170 e. The molecule has 2 heteroatoms. The Labute approximate surface area is 87.8 Å². The molecule has 14 heavy (non-hydrogen) atoms. The van der Waals surface area contributed by atoms with E-state index in [-0.39, 0.29) is 5.60 Å². The molecule has 0 spiro atoms. The van der Waals surface area contributed by atoms with Crippen LogP contribution >= 0.6 is 0 Å². The topological polar surface area (TPSA) is 21.6 Å². The molecule has 0 bridgehead atoms. The Hall–Kier alpha value is -0.530. The SMILES string of the molecule is CCCC1(CCC)OC=N[C@@H]1C(C)C. The first-order chi connectivity index (χ1) is 6.66. The second-order valence-corrected chi connectivity index (χ2v) is 4.63. The van der Waals surface area contributed by atoms with Crippen LogP contribution in [0.1, 0.15) is 53.4 Å². The van der Waals surface area contributed by atoms with Crippen LogP contribution in [0, 0.1) is 5.92 Å². The summed E-state index contributed by atoms with van der Waals surface area (Å²) in [6, 6.07) is 0.363. The molecule has 2 nitrogen and oxygen atoms in total. The number of hydrogen-bond acceptors (Lipinski definition) is 2. The maximum atomic E-state index is 5.80. The summed E-state index contributed by atoms with van der Waals surface area (Å²) in [5.74, 6) is 0.576. The van der Waals surface area contributed by atoms with Crippen LogP contribution in [0.2, 0.25) is 0 Å². The molecule has 0 aromatic carbocycles. The molecule has 0 fully saturated rings. The molecule has 0 N–H and O–H groups in total. The molecular formula is C12H23NO. The van der Waals surface area contributed by atoms with Gasteiger partial charge in [0.1, 0.15) is 5.60 Å². The standard InChI is InChI=1S/C12H23NO/c1-5-7-12(8-6-2)11(10(3)4)13-9-14-12/h9-11H,5-8H2,1-4H3/t11-/m1/s1. The van der Waals surface area contributed by atoms with Crippen molar-refractivity contribution in [3.05, 3.63) is 0 Å². The van der Waals surface area contributed by atoms with Crippen LogP contribution in [-0.4, -0.2) is 18.0 Å². The lowest BCUT2D eigenvalue weighted by molar-refractivity contribution is 0.0276. The number of aliphatic imine (C=N–C) groups is 1. The minimum atomic E-state index is 0.0116. The fourth-order valence-corrected chi connectivity index (χ4v) is 2.57. The van der Waals surface area contributed by atoms with Crippen LogP contribution in [0.5, 0.6) is 0 Å². The van der Waals surface area contributed by atoms with E-state index in [4.69, 9.17) is 4.74 Å². The molecule has 0 amide bonds. The minimum absolute atomic E-state index is 0.0116. The second kappa shape index (κ2) is 4.81. The van der Waals surface area contributed by atoms with Crippen LogP contribution in [0.4, 0.5) is 0 Å². The average molecular weight is 197 g/mol. The summed E-state index contributed by atoms with van der Waals surface area (Å²) in [6.07, 6.45) is 6.28. The van der Waals surface area contributed by atoms with E-state index >= 15 is 0 Å². The van der Waals surface area contributed by atoms with E-state index in [0.29, 0.717) is 12.0 Å². The van der Waals surface area contributed by atoms with E-state index in [2.05, 4.69) is 32.7 Å². The van der Waals surface area contributed by atoms with Crippen molar-refractivity contribution in [3.63, 3.8) is 0 Å². The Morgan fingerprint density at radius 2 is 1.86 bits per heavy atom. The Kier molecular flexibility index (Phi) is 3.97. The maximum absolute atomic E-state index is 5.80. The summed E-state index contributed by atoms with van der Waals surface area (Å²) >= 11 is 0. The highest BCUT2D eigenvalue weighted by Gasteiger charge is 2.43. The van der Waals surface area contributed by atoms with Gasteiger partial charge < -0.3 is 4.74 Å². The van der Waals surface area contributed by atoms with Crippen molar-refractivity contribution in [2.45, 2.75) is 65.0 Å². The molecule has 0 aliphatic carbocycles. The van der Waals surface area contributed by atoms with E-state index in [9.17, 15) is 0 Å². The van der Waals surface area contributed by atoms with Gasteiger partial charge in [0.25, 0.3) is 0 Å². The summed E-state index contributed by atoms with van der Waals surface area (Å²) in [5.41, 5.74) is 0.0116. The largest absolute Gasteiger partial charge is 0.475 e. The third kappa shape index (κ3) is 2.10. The quantitative estimate of drug-likeness (QED) is 0.662. The van der Waals surface area contributed by atoms with Gasteiger partial charge in [0.15, 0.2) is 6.40 Å². The van der Waals surface area contributed by atoms with Crippen molar-refractivity contribution in [1.29, 1.82) is 0 Å². The highest BCUT2D eigenvalue weighted by atomic mass is 16.5. The lowest BCUT2D eigenvalue weighted by atomic mass is 9.80. The van der Waals surface area contributed by atoms with E-state index in [1.54, 1.807) is 6.40 Å². The van der Waals surface area contributed by atoms with Crippen LogP contribution in [-0.2, 0) is 4.74 Å². The molecule has 0 radical (unpaired) electrons. The molecule has 1 atom stereocenters. The highest BCUT2D eigenvalue weighted by Crippen LogP contribution is 2.36. The molecule has 82 valence electrons. The van der Waals surface area contributed by atoms with Gasteiger partial charge in [-0.3, -0.25) is 4.99 Å². The van der Waals surface area contributed by atoms with E-state index in [0.717, 1.165) is 12.8 Å². The lowest BCUT2D eigenvalue weighted by Crippen LogP contribution is -2.42. The Morgan fingerprint density at radius 1 is 1.29 bits per heavy atom. The fourth-order valence-electron chi connectivity index (χ4n) is 2.57.